The third-order valence-corrected chi connectivity index (χ3v) is 4.82. The first-order valence-corrected chi connectivity index (χ1v) is 6.77. The first-order chi connectivity index (χ1) is 8.36. The second-order valence-electron chi connectivity index (χ2n) is 5.97. The summed E-state index contributed by atoms with van der Waals surface area (Å²) in [6.07, 6.45) is 6.09. The highest BCUT2D eigenvalue weighted by atomic mass is 16.4. The highest BCUT2D eigenvalue weighted by Gasteiger charge is 2.46. The van der Waals surface area contributed by atoms with Crippen LogP contribution in [-0.2, 0) is 4.79 Å². The molecule has 0 heterocycles. The van der Waals surface area contributed by atoms with Crippen molar-refractivity contribution in [1.82, 2.24) is 0 Å². The molecule has 3 heteroatoms. The van der Waals surface area contributed by atoms with E-state index in [1.807, 2.05) is 6.08 Å². The van der Waals surface area contributed by atoms with Gasteiger partial charge in [0.25, 0.3) is 0 Å². The van der Waals surface area contributed by atoms with Crippen LogP contribution in [0.2, 0.25) is 0 Å². The van der Waals surface area contributed by atoms with E-state index in [1.54, 1.807) is 6.92 Å². The molecule has 0 spiro atoms. The van der Waals surface area contributed by atoms with E-state index in [4.69, 9.17) is 10.8 Å². The van der Waals surface area contributed by atoms with E-state index in [2.05, 4.69) is 13.8 Å². The molecule has 0 aliphatic heterocycles. The highest BCUT2D eigenvalue weighted by Crippen LogP contribution is 2.49. The number of hydrogen-bond donors (Lipinski definition) is 2. The summed E-state index contributed by atoms with van der Waals surface area (Å²) in [5.41, 5.74) is 9.55. The molecule has 2 aliphatic rings. The molecule has 1 saturated carbocycles. The Balaban J connectivity index is 2.37. The van der Waals surface area contributed by atoms with E-state index >= 15 is 0 Å². The smallest absolute Gasteiger partial charge is 0.330 e. The fraction of sp³-hybridized carbons (Fsp3) is 0.667. The van der Waals surface area contributed by atoms with Gasteiger partial charge in [-0.3, -0.25) is 0 Å². The first-order valence-electron chi connectivity index (χ1n) is 6.77. The van der Waals surface area contributed by atoms with Crippen LogP contribution >= 0.6 is 0 Å². The molecule has 3 N–H and O–H groups in total. The van der Waals surface area contributed by atoms with E-state index in [9.17, 15) is 4.79 Å². The number of allylic oxidation sites excluding steroid dienone is 2. The van der Waals surface area contributed by atoms with Crippen molar-refractivity contribution in [2.45, 2.75) is 52.0 Å². The van der Waals surface area contributed by atoms with Crippen LogP contribution in [0.4, 0.5) is 0 Å². The summed E-state index contributed by atoms with van der Waals surface area (Å²) in [4.78, 5) is 11.0. The Kier molecular flexibility index (Phi) is 3.37. The minimum Gasteiger partial charge on any atom is -0.478 e. The largest absolute Gasteiger partial charge is 0.478 e. The number of carboxylic acid groups (broad SMARTS) is 1. The zero-order valence-electron chi connectivity index (χ0n) is 11.5. The summed E-state index contributed by atoms with van der Waals surface area (Å²) in [5, 5.41) is 9.02. The fourth-order valence-electron chi connectivity index (χ4n) is 3.61. The Hall–Kier alpha value is -1.09. The molecule has 0 radical (unpaired) electrons. The average Bonchev–Trinajstić information content (AvgIpc) is 2.61. The Bertz CT molecular complexity index is 436. The lowest BCUT2D eigenvalue weighted by Gasteiger charge is -2.42. The van der Waals surface area contributed by atoms with Crippen molar-refractivity contribution in [2.24, 2.45) is 17.6 Å². The average molecular weight is 249 g/mol. The predicted molar refractivity (Wildman–Crippen MR) is 72.1 cm³/mol. The van der Waals surface area contributed by atoms with Gasteiger partial charge >= 0.3 is 5.97 Å². The van der Waals surface area contributed by atoms with Crippen molar-refractivity contribution in [1.29, 1.82) is 0 Å². The van der Waals surface area contributed by atoms with Gasteiger partial charge < -0.3 is 10.8 Å². The molecule has 0 aromatic heterocycles. The maximum Gasteiger partial charge on any atom is 0.330 e. The normalized spacial score (nSPS) is 36.8. The Morgan fingerprint density at radius 2 is 2.17 bits per heavy atom. The van der Waals surface area contributed by atoms with E-state index in [1.165, 1.54) is 11.1 Å². The van der Waals surface area contributed by atoms with E-state index < -0.39 is 5.97 Å². The molecule has 1 fully saturated rings. The molecule has 0 aromatic rings. The van der Waals surface area contributed by atoms with Crippen molar-refractivity contribution in [3.05, 3.63) is 22.8 Å². The Morgan fingerprint density at radius 3 is 2.78 bits per heavy atom. The number of hydrogen-bond acceptors (Lipinski definition) is 2. The molecule has 100 valence electrons. The fourth-order valence-corrected chi connectivity index (χ4v) is 3.61. The van der Waals surface area contributed by atoms with Gasteiger partial charge in [0.05, 0.1) is 0 Å². The van der Waals surface area contributed by atoms with Crippen LogP contribution in [0.3, 0.4) is 0 Å². The SMILES string of the molecule is CC1=C2[C@H](/C=C(\C)C(=O)O)CC[C@@H](C)[C@@]2(N)CC1. The van der Waals surface area contributed by atoms with Gasteiger partial charge in [0.1, 0.15) is 0 Å². The standard InChI is InChI=1S/C15H23NO2/c1-9-6-7-15(16)11(3)4-5-12(13(9)15)8-10(2)14(17)18/h8,11-12H,4-7,16H2,1-3H3,(H,17,18)/b10-8+/t11-,12+,15+/m1/s1. The summed E-state index contributed by atoms with van der Waals surface area (Å²) < 4.78 is 0. The predicted octanol–water partition coefficient (Wildman–Crippen LogP) is 2.87. The molecule has 0 unspecified atom stereocenters. The summed E-state index contributed by atoms with van der Waals surface area (Å²) in [6, 6.07) is 0. The van der Waals surface area contributed by atoms with E-state index in [-0.39, 0.29) is 11.5 Å². The van der Waals surface area contributed by atoms with Crippen molar-refractivity contribution in [2.75, 3.05) is 0 Å². The van der Waals surface area contributed by atoms with Crippen LogP contribution in [-0.4, -0.2) is 16.6 Å². The Morgan fingerprint density at radius 1 is 1.50 bits per heavy atom. The van der Waals surface area contributed by atoms with Crippen LogP contribution in [0.15, 0.2) is 22.8 Å². The molecule has 3 nitrogen and oxygen atoms in total. The zero-order chi connectivity index (χ0) is 13.5. The molecule has 0 amide bonds. The van der Waals surface area contributed by atoms with Crippen molar-refractivity contribution in [3.63, 3.8) is 0 Å². The quantitative estimate of drug-likeness (QED) is 0.584. The summed E-state index contributed by atoms with van der Waals surface area (Å²) >= 11 is 0. The number of nitrogens with two attached hydrogens (primary N) is 1. The Labute approximate surface area is 109 Å². The van der Waals surface area contributed by atoms with Crippen LogP contribution < -0.4 is 5.73 Å². The topological polar surface area (TPSA) is 63.3 Å². The lowest BCUT2D eigenvalue weighted by atomic mass is 9.66. The monoisotopic (exact) mass is 249 g/mol. The van der Waals surface area contributed by atoms with Gasteiger partial charge in [-0.1, -0.05) is 18.6 Å². The zero-order valence-corrected chi connectivity index (χ0v) is 11.5. The molecule has 2 aliphatic carbocycles. The molecule has 0 bridgehead atoms. The van der Waals surface area contributed by atoms with Crippen LogP contribution in [0.25, 0.3) is 0 Å². The van der Waals surface area contributed by atoms with Crippen LogP contribution in [0.5, 0.6) is 0 Å². The van der Waals surface area contributed by atoms with Gasteiger partial charge in [0.15, 0.2) is 0 Å². The molecule has 0 saturated heterocycles. The summed E-state index contributed by atoms with van der Waals surface area (Å²) in [5.74, 6) is -0.1000. The number of rotatable bonds is 2. The molecule has 3 atom stereocenters. The number of fused-ring (bicyclic) bond motifs is 1. The first kappa shape index (κ1) is 13.3. The molecule has 0 aromatic carbocycles. The van der Waals surface area contributed by atoms with Crippen molar-refractivity contribution in [3.8, 4) is 0 Å². The second kappa shape index (κ2) is 4.54. The molecular weight excluding hydrogens is 226 g/mol. The molecule has 2 rings (SSSR count). The van der Waals surface area contributed by atoms with Gasteiger partial charge in [-0.05, 0) is 51.0 Å². The highest BCUT2D eigenvalue weighted by molar-refractivity contribution is 5.85. The summed E-state index contributed by atoms with van der Waals surface area (Å²) in [6.45, 7) is 6.05. The van der Waals surface area contributed by atoms with Gasteiger partial charge in [-0.2, -0.15) is 0 Å². The van der Waals surface area contributed by atoms with Gasteiger partial charge in [0.2, 0.25) is 0 Å². The van der Waals surface area contributed by atoms with Gasteiger partial charge in [-0.15, -0.1) is 0 Å². The maximum atomic E-state index is 11.0. The van der Waals surface area contributed by atoms with Gasteiger partial charge in [0, 0.05) is 17.0 Å². The maximum absolute atomic E-state index is 11.0. The second-order valence-corrected chi connectivity index (χ2v) is 5.97. The number of aliphatic carboxylic acids is 1. The van der Waals surface area contributed by atoms with Crippen molar-refractivity contribution >= 4 is 5.97 Å². The van der Waals surface area contributed by atoms with Crippen molar-refractivity contribution < 1.29 is 9.90 Å². The van der Waals surface area contributed by atoms with Crippen LogP contribution in [0, 0.1) is 11.8 Å². The number of carboxylic acids is 1. The van der Waals surface area contributed by atoms with E-state index in [0.717, 1.165) is 25.7 Å². The minimum atomic E-state index is -0.826. The number of carbonyl (C=O) groups is 1. The lowest BCUT2D eigenvalue weighted by Crippen LogP contribution is -2.50. The van der Waals surface area contributed by atoms with Gasteiger partial charge in [-0.25, -0.2) is 4.79 Å². The molecule has 18 heavy (non-hydrogen) atoms. The van der Waals surface area contributed by atoms with E-state index in [0.29, 0.717) is 11.5 Å². The summed E-state index contributed by atoms with van der Waals surface area (Å²) in [7, 11) is 0. The molecular formula is C15H23NO2. The third-order valence-electron chi connectivity index (χ3n) is 4.82. The lowest BCUT2D eigenvalue weighted by molar-refractivity contribution is -0.132. The van der Waals surface area contributed by atoms with Crippen LogP contribution in [0.1, 0.15) is 46.5 Å². The third kappa shape index (κ3) is 2.01. The minimum absolute atomic E-state index is 0.192.